The molecular formula is C15H12ClFO3. The Labute approximate surface area is 120 Å². The van der Waals surface area contributed by atoms with E-state index in [1.807, 2.05) is 0 Å². The summed E-state index contributed by atoms with van der Waals surface area (Å²) in [4.78, 5) is 10.9. The largest absolute Gasteiger partial charge is 0.481 e. The fourth-order valence-electron chi connectivity index (χ4n) is 1.65. The molecule has 0 amide bonds. The molecule has 3 nitrogen and oxygen atoms in total. The maximum Gasteiger partial charge on any atom is 0.310 e. The maximum atomic E-state index is 12.9. The van der Waals surface area contributed by atoms with Gasteiger partial charge < -0.3 is 9.84 Å². The van der Waals surface area contributed by atoms with Crippen LogP contribution in [0.4, 0.5) is 4.39 Å². The summed E-state index contributed by atoms with van der Waals surface area (Å²) in [6.07, 6.45) is 0. The van der Waals surface area contributed by atoms with Crippen molar-refractivity contribution < 1.29 is 19.0 Å². The fourth-order valence-corrected chi connectivity index (χ4v) is 1.86. The molecule has 5 heteroatoms. The van der Waals surface area contributed by atoms with Crippen LogP contribution in [-0.4, -0.2) is 11.1 Å². The van der Waals surface area contributed by atoms with Crippen LogP contribution in [0.5, 0.6) is 11.5 Å². The maximum absolute atomic E-state index is 12.9. The minimum absolute atomic E-state index is 0.174. The zero-order valence-corrected chi connectivity index (χ0v) is 11.4. The number of carboxylic acids is 1. The van der Waals surface area contributed by atoms with Crippen LogP contribution in [0.1, 0.15) is 18.4 Å². The average Bonchev–Trinajstić information content (AvgIpc) is 2.42. The molecule has 1 unspecified atom stereocenters. The molecule has 2 aromatic carbocycles. The lowest BCUT2D eigenvalue weighted by Crippen LogP contribution is -2.06. The first-order valence-corrected chi connectivity index (χ1v) is 6.31. The molecule has 0 aliphatic rings. The molecule has 0 fully saturated rings. The van der Waals surface area contributed by atoms with E-state index in [0.29, 0.717) is 17.1 Å². The van der Waals surface area contributed by atoms with E-state index in [2.05, 4.69) is 0 Å². The van der Waals surface area contributed by atoms with Gasteiger partial charge in [-0.05, 0) is 42.8 Å². The Kier molecular flexibility index (Phi) is 4.25. The van der Waals surface area contributed by atoms with Crippen molar-refractivity contribution >= 4 is 17.6 Å². The number of ether oxygens (including phenoxy) is 1. The van der Waals surface area contributed by atoms with Crippen molar-refractivity contribution in [1.29, 1.82) is 0 Å². The third-order valence-corrected chi connectivity index (χ3v) is 3.17. The van der Waals surface area contributed by atoms with E-state index in [4.69, 9.17) is 21.4 Å². The highest BCUT2D eigenvalue weighted by atomic mass is 35.5. The lowest BCUT2D eigenvalue weighted by Gasteiger charge is -2.10. The standard InChI is InChI=1S/C15H12ClFO3/c1-9(15(18)19)10-2-5-12(6-3-10)20-14-7-4-11(17)8-13(14)16/h2-9H,1H3,(H,18,19). The first-order valence-electron chi connectivity index (χ1n) is 5.93. The second kappa shape index (κ2) is 5.92. The number of halogens is 2. The summed E-state index contributed by atoms with van der Waals surface area (Å²) in [6, 6.07) is 10.5. The van der Waals surface area contributed by atoms with Crippen molar-refractivity contribution in [3.8, 4) is 11.5 Å². The molecule has 2 aromatic rings. The summed E-state index contributed by atoms with van der Waals surface area (Å²) in [5, 5.41) is 9.09. The summed E-state index contributed by atoms with van der Waals surface area (Å²) in [6.45, 7) is 1.61. The average molecular weight is 295 g/mol. The topological polar surface area (TPSA) is 46.5 Å². The molecule has 1 N–H and O–H groups in total. The van der Waals surface area contributed by atoms with E-state index in [1.165, 1.54) is 12.1 Å². The quantitative estimate of drug-likeness (QED) is 0.905. The van der Waals surface area contributed by atoms with Crippen LogP contribution in [0.25, 0.3) is 0 Å². The first kappa shape index (κ1) is 14.3. The molecule has 0 radical (unpaired) electrons. The highest BCUT2D eigenvalue weighted by Crippen LogP contribution is 2.30. The molecule has 0 aliphatic carbocycles. The molecule has 20 heavy (non-hydrogen) atoms. The van der Waals surface area contributed by atoms with Crippen molar-refractivity contribution in [3.63, 3.8) is 0 Å². The monoisotopic (exact) mass is 294 g/mol. The Morgan fingerprint density at radius 2 is 1.90 bits per heavy atom. The van der Waals surface area contributed by atoms with E-state index >= 15 is 0 Å². The van der Waals surface area contributed by atoms with Crippen LogP contribution in [0.15, 0.2) is 42.5 Å². The second-order valence-electron chi connectivity index (χ2n) is 4.31. The number of carboxylic acid groups (broad SMARTS) is 1. The number of hydrogen-bond donors (Lipinski definition) is 1. The van der Waals surface area contributed by atoms with Crippen LogP contribution < -0.4 is 4.74 Å². The smallest absolute Gasteiger partial charge is 0.310 e. The summed E-state index contributed by atoms with van der Waals surface area (Å²) in [7, 11) is 0. The van der Waals surface area contributed by atoms with Gasteiger partial charge in [0.25, 0.3) is 0 Å². The van der Waals surface area contributed by atoms with E-state index in [0.717, 1.165) is 6.07 Å². The van der Waals surface area contributed by atoms with Crippen molar-refractivity contribution in [2.75, 3.05) is 0 Å². The van der Waals surface area contributed by atoms with Gasteiger partial charge >= 0.3 is 5.97 Å². The highest BCUT2D eigenvalue weighted by molar-refractivity contribution is 6.32. The molecule has 0 aliphatic heterocycles. The molecule has 0 saturated heterocycles. The molecular weight excluding hydrogens is 283 g/mol. The Hall–Kier alpha value is -2.07. The number of rotatable bonds is 4. The van der Waals surface area contributed by atoms with Crippen LogP contribution in [0, 0.1) is 5.82 Å². The Bertz CT molecular complexity index is 626. The van der Waals surface area contributed by atoms with E-state index in [-0.39, 0.29) is 5.02 Å². The van der Waals surface area contributed by atoms with E-state index in [9.17, 15) is 9.18 Å². The molecule has 104 valence electrons. The SMILES string of the molecule is CC(C(=O)O)c1ccc(Oc2ccc(F)cc2Cl)cc1. The van der Waals surface area contributed by atoms with Gasteiger partial charge in [0.2, 0.25) is 0 Å². The van der Waals surface area contributed by atoms with Crippen molar-refractivity contribution in [3.05, 3.63) is 58.9 Å². The molecule has 0 aromatic heterocycles. The van der Waals surface area contributed by atoms with Crippen LogP contribution in [0.3, 0.4) is 0 Å². The zero-order valence-electron chi connectivity index (χ0n) is 10.6. The van der Waals surface area contributed by atoms with Gasteiger partial charge in [-0.1, -0.05) is 23.7 Å². The zero-order chi connectivity index (χ0) is 14.7. The van der Waals surface area contributed by atoms with Crippen LogP contribution >= 0.6 is 11.6 Å². The fraction of sp³-hybridized carbons (Fsp3) is 0.133. The normalized spacial score (nSPS) is 11.9. The lowest BCUT2D eigenvalue weighted by atomic mass is 10.0. The van der Waals surface area contributed by atoms with Gasteiger partial charge in [0.15, 0.2) is 0 Å². The van der Waals surface area contributed by atoms with Gasteiger partial charge in [-0.3, -0.25) is 4.79 Å². The third kappa shape index (κ3) is 3.27. The minimum atomic E-state index is -0.889. The summed E-state index contributed by atoms with van der Waals surface area (Å²) >= 11 is 5.86. The lowest BCUT2D eigenvalue weighted by molar-refractivity contribution is -0.138. The molecule has 0 bridgehead atoms. The molecule has 2 rings (SSSR count). The summed E-state index contributed by atoms with van der Waals surface area (Å²) in [5.41, 5.74) is 0.676. The Morgan fingerprint density at radius 3 is 2.45 bits per heavy atom. The van der Waals surface area contributed by atoms with Gasteiger partial charge in [-0.15, -0.1) is 0 Å². The van der Waals surface area contributed by atoms with Crippen molar-refractivity contribution in [2.45, 2.75) is 12.8 Å². The van der Waals surface area contributed by atoms with Gasteiger partial charge in [-0.25, -0.2) is 4.39 Å². The van der Waals surface area contributed by atoms with Gasteiger partial charge in [0, 0.05) is 0 Å². The number of carbonyl (C=O) groups is 1. The first-order chi connectivity index (χ1) is 9.47. The third-order valence-electron chi connectivity index (χ3n) is 2.87. The second-order valence-corrected chi connectivity index (χ2v) is 4.71. The van der Waals surface area contributed by atoms with Crippen molar-refractivity contribution in [2.24, 2.45) is 0 Å². The predicted molar refractivity (Wildman–Crippen MR) is 74.0 cm³/mol. The predicted octanol–water partition coefficient (Wildman–Crippen LogP) is 4.46. The van der Waals surface area contributed by atoms with Gasteiger partial charge in [0.1, 0.15) is 17.3 Å². The number of benzene rings is 2. The van der Waals surface area contributed by atoms with Crippen molar-refractivity contribution in [1.82, 2.24) is 0 Å². The van der Waals surface area contributed by atoms with Gasteiger partial charge in [-0.2, -0.15) is 0 Å². The summed E-state index contributed by atoms with van der Waals surface area (Å²) < 4.78 is 18.4. The Morgan fingerprint density at radius 1 is 1.25 bits per heavy atom. The molecule has 0 spiro atoms. The van der Waals surface area contributed by atoms with Crippen LogP contribution in [-0.2, 0) is 4.79 Å². The van der Waals surface area contributed by atoms with E-state index in [1.54, 1.807) is 31.2 Å². The van der Waals surface area contributed by atoms with E-state index < -0.39 is 17.7 Å². The minimum Gasteiger partial charge on any atom is -0.481 e. The highest BCUT2D eigenvalue weighted by Gasteiger charge is 2.13. The van der Waals surface area contributed by atoms with Gasteiger partial charge in [0.05, 0.1) is 10.9 Å². The van der Waals surface area contributed by atoms with Crippen LogP contribution in [0.2, 0.25) is 5.02 Å². The molecule has 1 atom stereocenters. The molecule has 0 saturated carbocycles. The number of aliphatic carboxylic acids is 1. The summed E-state index contributed by atoms with van der Waals surface area (Å²) in [5.74, 6) is -1.07. The molecule has 0 heterocycles. The number of hydrogen-bond acceptors (Lipinski definition) is 2. The Balaban J connectivity index is 2.16.